The number of nitrogens with zero attached hydrogens (tertiary/aromatic N) is 1. The summed E-state index contributed by atoms with van der Waals surface area (Å²) in [6.07, 6.45) is 0. The first-order valence-corrected chi connectivity index (χ1v) is 5.18. The van der Waals surface area contributed by atoms with E-state index in [4.69, 9.17) is 9.84 Å². The molecule has 0 aliphatic carbocycles. The highest BCUT2D eigenvalue weighted by Crippen LogP contribution is 1.96. The lowest BCUT2D eigenvalue weighted by atomic mass is 10.4. The molecule has 3 N–H and O–H groups in total. The Kier molecular flexibility index (Phi) is 5.21. The van der Waals surface area contributed by atoms with Crippen molar-refractivity contribution in [1.29, 1.82) is 0 Å². The molecular formula is C9H15N3O5. The largest absolute Gasteiger partial charge is 0.480 e. The molecule has 3 amide bonds. The number of hydrogen-bond acceptors (Lipinski definition) is 4. The number of carbonyl (C=O) groups is 3. The third-order valence-corrected chi connectivity index (χ3v) is 2.14. The summed E-state index contributed by atoms with van der Waals surface area (Å²) in [5, 5.41) is 12.9. The number of urea groups is 1. The average molecular weight is 245 g/mol. The Bertz CT molecular complexity index is 301. The average Bonchev–Trinajstić information content (AvgIpc) is 2.34. The molecule has 1 saturated heterocycles. The van der Waals surface area contributed by atoms with Crippen LogP contribution in [0.15, 0.2) is 0 Å². The Morgan fingerprint density at radius 2 is 1.76 bits per heavy atom. The highest BCUT2D eigenvalue weighted by Gasteiger charge is 2.16. The van der Waals surface area contributed by atoms with E-state index >= 15 is 0 Å². The van der Waals surface area contributed by atoms with Gasteiger partial charge in [-0.2, -0.15) is 0 Å². The zero-order valence-corrected chi connectivity index (χ0v) is 9.27. The van der Waals surface area contributed by atoms with Crippen LogP contribution in [0.2, 0.25) is 0 Å². The summed E-state index contributed by atoms with van der Waals surface area (Å²) in [6.45, 7) is 1.26. The zero-order valence-electron chi connectivity index (χ0n) is 9.27. The second kappa shape index (κ2) is 6.69. The van der Waals surface area contributed by atoms with E-state index in [-0.39, 0.29) is 12.6 Å². The van der Waals surface area contributed by atoms with Crippen LogP contribution in [0.25, 0.3) is 0 Å². The van der Waals surface area contributed by atoms with Gasteiger partial charge in [-0.25, -0.2) is 4.79 Å². The smallest absolute Gasteiger partial charge is 0.322 e. The Morgan fingerprint density at radius 1 is 1.12 bits per heavy atom. The maximum Gasteiger partial charge on any atom is 0.322 e. The lowest BCUT2D eigenvalue weighted by Crippen LogP contribution is -2.48. The van der Waals surface area contributed by atoms with Gasteiger partial charge >= 0.3 is 12.0 Å². The summed E-state index contributed by atoms with van der Waals surface area (Å²) >= 11 is 0. The molecule has 0 aromatic heterocycles. The number of ether oxygens (including phenoxy) is 1. The van der Waals surface area contributed by atoms with Gasteiger partial charge in [0.25, 0.3) is 0 Å². The molecule has 17 heavy (non-hydrogen) atoms. The molecule has 1 rings (SSSR count). The number of hydrogen-bond donors (Lipinski definition) is 3. The number of aliphatic carboxylic acids is 1. The molecule has 0 atom stereocenters. The number of carbonyl (C=O) groups excluding carboxylic acids is 2. The topological polar surface area (TPSA) is 108 Å². The molecule has 1 fully saturated rings. The number of morpholine rings is 1. The first-order valence-electron chi connectivity index (χ1n) is 5.18. The van der Waals surface area contributed by atoms with Crippen molar-refractivity contribution in [3.8, 4) is 0 Å². The van der Waals surface area contributed by atoms with Crippen molar-refractivity contribution in [2.24, 2.45) is 0 Å². The van der Waals surface area contributed by atoms with Crippen molar-refractivity contribution in [2.75, 3.05) is 39.4 Å². The number of amides is 3. The Morgan fingerprint density at radius 3 is 2.35 bits per heavy atom. The predicted molar refractivity (Wildman–Crippen MR) is 56.4 cm³/mol. The Balaban J connectivity index is 2.18. The fraction of sp³-hybridized carbons (Fsp3) is 0.667. The van der Waals surface area contributed by atoms with Crippen LogP contribution < -0.4 is 10.6 Å². The standard InChI is InChI=1S/C9H15N3O5/c13-7(10-6-8(14)15)5-11-9(16)12-1-3-17-4-2-12/h1-6H2,(H,10,13)(H,11,16)(H,14,15). The third kappa shape index (κ3) is 5.16. The van der Waals surface area contributed by atoms with Gasteiger partial charge in [0.05, 0.1) is 19.8 Å². The number of carboxylic acids is 1. The van der Waals surface area contributed by atoms with Crippen LogP contribution in [0.4, 0.5) is 4.79 Å². The van der Waals surface area contributed by atoms with Crippen LogP contribution in [-0.4, -0.2) is 67.3 Å². The van der Waals surface area contributed by atoms with Crippen LogP contribution in [0.3, 0.4) is 0 Å². The maximum atomic E-state index is 11.5. The minimum atomic E-state index is -1.13. The second-order valence-electron chi connectivity index (χ2n) is 3.43. The van der Waals surface area contributed by atoms with Crippen LogP contribution >= 0.6 is 0 Å². The van der Waals surface area contributed by atoms with Gasteiger partial charge in [0.2, 0.25) is 5.91 Å². The quantitative estimate of drug-likeness (QED) is 0.543. The first-order chi connectivity index (χ1) is 8.09. The number of nitrogens with one attached hydrogen (secondary N) is 2. The van der Waals surface area contributed by atoms with Crippen LogP contribution in [0, 0.1) is 0 Å². The summed E-state index contributed by atoms with van der Waals surface area (Å²) in [4.78, 5) is 34.3. The molecular weight excluding hydrogens is 230 g/mol. The minimum absolute atomic E-state index is 0.233. The first kappa shape index (κ1) is 13.2. The van der Waals surface area contributed by atoms with Crippen LogP contribution in [0.5, 0.6) is 0 Å². The lowest BCUT2D eigenvalue weighted by Gasteiger charge is -2.26. The summed E-state index contributed by atoms with van der Waals surface area (Å²) < 4.78 is 5.07. The molecule has 8 heteroatoms. The van der Waals surface area contributed by atoms with Crippen molar-refractivity contribution < 1.29 is 24.2 Å². The summed E-state index contributed by atoms with van der Waals surface area (Å²) in [5.74, 6) is -1.66. The highest BCUT2D eigenvalue weighted by molar-refractivity contribution is 5.86. The van der Waals surface area contributed by atoms with E-state index in [9.17, 15) is 14.4 Å². The fourth-order valence-corrected chi connectivity index (χ4v) is 1.27. The van der Waals surface area contributed by atoms with Gasteiger partial charge in [0.15, 0.2) is 0 Å². The second-order valence-corrected chi connectivity index (χ2v) is 3.43. The van der Waals surface area contributed by atoms with E-state index in [1.807, 2.05) is 0 Å². The van der Waals surface area contributed by atoms with E-state index in [0.29, 0.717) is 26.3 Å². The molecule has 0 saturated carbocycles. The molecule has 0 unspecified atom stereocenters. The maximum absolute atomic E-state index is 11.5. The van der Waals surface area contributed by atoms with Gasteiger partial charge < -0.3 is 25.4 Å². The summed E-state index contributed by atoms with van der Waals surface area (Å²) in [7, 11) is 0. The third-order valence-electron chi connectivity index (χ3n) is 2.14. The normalized spacial score (nSPS) is 15.2. The molecule has 0 bridgehead atoms. The van der Waals surface area contributed by atoms with Crippen molar-refractivity contribution in [1.82, 2.24) is 15.5 Å². The molecule has 1 aliphatic rings. The van der Waals surface area contributed by atoms with E-state index in [2.05, 4.69) is 10.6 Å². The minimum Gasteiger partial charge on any atom is -0.480 e. The lowest BCUT2D eigenvalue weighted by molar-refractivity contribution is -0.137. The van der Waals surface area contributed by atoms with E-state index < -0.39 is 18.4 Å². The zero-order chi connectivity index (χ0) is 12.7. The van der Waals surface area contributed by atoms with E-state index in [0.717, 1.165) is 0 Å². The molecule has 0 radical (unpaired) electrons. The van der Waals surface area contributed by atoms with E-state index in [1.165, 1.54) is 4.90 Å². The van der Waals surface area contributed by atoms with Crippen molar-refractivity contribution in [2.45, 2.75) is 0 Å². The van der Waals surface area contributed by atoms with Crippen molar-refractivity contribution in [3.63, 3.8) is 0 Å². The predicted octanol–water partition coefficient (Wildman–Crippen LogP) is -1.77. The van der Waals surface area contributed by atoms with Gasteiger partial charge in [-0.3, -0.25) is 9.59 Å². The summed E-state index contributed by atoms with van der Waals surface area (Å²) in [5.41, 5.74) is 0. The number of carboxylic acid groups (broad SMARTS) is 1. The molecule has 0 aromatic carbocycles. The number of rotatable bonds is 4. The van der Waals surface area contributed by atoms with Crippen LogP contribution in [0.1, 0.15) is 0 Å². The molecule has 1 heterocycles. The van der Waals surface area contributed by atoms with Gasteiger partial charge in [-0.1, -0.05) is 0 Å². The summed E-state index contributed by atoms with van der Waals surface area (Å²) in [6, 6.07) is -0.348. The van der Waals surface area contributed by atoms with Gasteiger partial charge in [-0.05, 0) is 0 Å². The molecule has 0 aromatic rings. The van der Waals surface area contributed by atoms with Gasteiger partial charge in [0.1, 0.15) is 6.54 Å². The molecule has 0 spiro atoms. The molecule has 8 nitrogen and oxygen atoms in total. The van der Waals surface area contributed by atoms with Gasteiger partial charge in [0, 0.05) is 13.1 Å². The van der Waals surface area contributed by atoms with Crippen LogP contribution in [-0.2, 0) is 14.3 Å². The highest BCUT2D eigenvalue weighted by atomic mass is 16.5. The Hall–Kier alpha value is -1.83. The SMILES string of the molecule is O=C(O)CNC(=O)CNC(=O)N1CCOCC1. The Labute approximate surface area is 97.9 Å². The van der Waals surface area contributed by atoms with Crippen molar-refractivity contribution in [3.05, 3.63) is 0 Å². The fourth-order valence-electron chi connectivity index (χ4n) is 1.27. The molecule has 96 valence electrons. The van der Waals surface area contributed by atoms with Gasteiger partial charge in [-0.15, -0.1) is 0 Å². The van der Waals surface area contributed by atoms with E-state index in [1.54, 1.807) is 0 Å². The van der Waals surface area contributed by atoms with Crippen molar-refractivity contribution >= 4 is 17.9 Å². The molecule has 1 aliphatic heterocycles. The monoisotopic (exact) mass is 245 g/mol.